The van der Waals surface area contributed by atoms with Crippen molar-refractivity contribution in [3.63, 3.8) is 0 Å². The molecule has 0 radical (unpaired) electrons. The van der Waals surface area contributed by atoms with E-state index in [0.29, 0.717) is 11.3 Å². The van der Waals surface area contributed by atoms with Crippen molar-refractivity contribution in [1.29, 1.82) is 0 Å². The zero-order valence-corrected chi connectivity index (χ0v) is 13.2. The van der Waals surface area contributed by atoms with Crippen molar-refractivity contribution >= 4 is 17.0 Å². The molecule has 0 spiro atoms. The second kappa shape index (κ2) is 5.72. The van der Waals surface area contributed by atoms with E-state index in [1.54, 1.807) is 18.4 Å². The van der Waals surface area contributed by atoms with Crippen LogP contribution in [0.3, 0.4) is 0 Å². The van der Waals surface area contributed by atoms with E-state index in [2.05, 4.69) is 9.97 Å². The number of fused-ring (bicyclic) bond motifs is 1. The van der Waals surface area contributed by atoms with Crippen molar-refractivity contribution < 1.29 is 9.53 Å². The van der Waals surface area contributed by atoms with E-state index in [1.807, 2.05) is 31.2 Å². The lowest BCUT2D eigenvalue weighted by Gasteiger charge is -2.08. The minimum atomic E-state index is -0.514. The van der Waals surface area contributed by atoms with Gasteiger partial charge in [-0.1, -0.05) is 17.7 Å². The average Bonchev–Trinajstić information content (AvgIpc) is 2.82. The Labute approximate surface area is 132 Å². The predicted octanol–water partition coefficient (Wildman–Crippen LogP) is 2.51. The van der Waals surface area contributed by atoms with Crippen molar-refractivity contribution in [2.24, 2.45) is 0 Å². The molecule has 2 aromatic heterocycles. The smallest absolute Gasteiger partial charge is 0.340 e. The number of ether oxygens (including phenoxy) is 1. The first kappa shape index (κ1) is 15.0. The Morgan fingerprint density at radius 3 is 2.61 bits per heavy atom. The zero-order valence-electron chi connectivity index (χ0n) is 13.2. The van der Waals surface area contributed by atoms with Gasteiger partial charge in [0, 0.05) is 11.4 Å². The normalized spacial score (nSPS) is 10.9. The summed E-state index contributed by atoms with van der Waals surface area (Å²) in [7, 11) is 0. The third-order valence-electron chi connectivity index (χ3n) is 3.76. The predicted molar refractivity (Wildman–Crippen MR) is 87.1 cm³/mol. The number of aromatic nitrogens is 3. The van der Waals surface area contributed by atoms with Crippen molar-refractivity contribution in [2.75, 3.05) is 6.61 Å². The van der Waals surface area contributed by atoms with E-state index in [4.69, 9.17) is 4.74 Å². The number of aryl methyl sites for hydroxylation is 1. The summed E-state index contributed by atoms with van der Waals surface area (Å²) in [4.78, 5) is 31.3. The largest absolute Gasteiger partial charge is 0.462 e. The monoisotopic (exact) mass is 311 g/mol. The molecule has 0 aliphatic heterocycles. The Morgan fingerprint density at radius 2 is 1.96 bits per heavy atom. The molecular weight excluding hydrogens is 294 g/mol. The molecule has 6 heteroatoms. The highest BCUT2D eigenvalue weighted by Crippen LogP contribution is 2.26. The fourth-order valence-corrected chi connectivity index (χ4v) is 2.70. The van der Waals surface area contributed by atoms with Gasteiger partial charge < -0.3 is 9.72 Å². The minimum Gasteiger partial charge on any atom is -0.462 e. The van der Waals surface area contributed by atoms with Crippen LogP contribution in [0, 0.1) is 13.8 Å². The van der Waals surface area contributed by atoms with Gasteiger partial charge in [0.25, 0.3) is 5.56 Å². The highest BCUT2D eigenvalue weighted by atomic mass is 16.5. The second-order valence-corrected chi connectivity index (χ2v) is 5.28. The summed E-state index contributed by atoms with van der Waals surface area (Å²) in [5, 5.41) is 0.254. The van der Waals surface area contributed by atoms with E-state index in [0.717, 1.165) is 11.3 Å². The Balaban J connectivity index is 2.37. The van der Waals surface area contributed by atoms with Gasteiger partial charge in [0.05, 0.1) is 23.9 Å². The number of benzene rings is 1. The zero-order chi connectivity index (χ0) is 16.6. The van der Waals surface area contributed by atoms with Crippen molar-refractivity contribution in [3.05, 3.63) is 57.8 Å². The molecule has 0 amide bonds. The van der Waals surface area contributed by atoms with Gasteiger partial charge in [-0.2, -0.15) is 0 Å². The standard InChI is InChI=1S/C17H17N3O3/c1-4-23-17(22)13-11(3)20(12-7-5-10(2)6-8-12)15-14(13)16(21)19-9-18-15/h5-9H,4H2,1-3H3,(H,18,19,21). The summed E-state index contributed by atoms with van der Waals surface area (Å²) in [5.74, 6) is -0.514. The highest BCUT2D eigenvalue weighted by Gasteiger charge is 2.24. The van der Waals surface area contributed by atoms with Crippen LogP contribution in [0.2, 0.25) is 0 Å². The van der Waals surface area contributed by atoms with E-state index < -0.39 is 5.97 Å². The maximum absolute atomic E-state index is 12.3. The first-order valence-corrected chi connectivity index (χ1v) is 7.37. The van der Waals surface area contributed by atoms with Crippen LogP contribution in [0.5, 0.6) is 0 Å². The van der Waals surface area contributed by atoms with Gasteiger partial charge in [-0.05, 0) is 32.9 Å². The molecule has 0 bridgehead atoms. The van der Waals surface area contributed by atoms with Gasteiger partial charge >= 0.3 is 5.97 Å². The molecule has 23 heavy (non-hydrogen) atoms. The van der Waals surface area contributed by atoms with Gasteiger partial charge in [0.2, 0.25) is 0 Å². The molecule has 0 unspecified atom stereocenters. The molecule has 1 N–H and O–H groups in total. The van der Waals surface area contributed by atoms with Gasteiger partial charge in [0.1, 0.15) is 0 Å². The number of nitrogens with zero attached hydrogens (tertiary/aromatic N) is 2. The Kier molecular flexibility index (Phi) is 3.73. The summed E-state index contributed by atoms with van der Waals surface area (Å²) in [6, 6.07) is 7.80. The van der Waals surface area contributed by atoms with Crippen LogP contribution in [0.4, 0.5) is 0 Å². The Morgan fingerprint density at radius 1 is 1.26 bits per heavy atom. The summed E-state index contributed by atoms with van der Waals surface area (Å²) < 4.78 is 6.91. The number of hydrogen-bond acceptors (Lipinski definition) is 4. The van der Waals surface area contributed by atoms with Crippen LogP contribution in [0.15, 0.2) is 35.4 Å². The fraction of sp³-hybridized carbons (Fsp3) is 0.235. The number of carbonyl (C=O) groups is 1. The molecule has 6 nitrogen and oxygen atoms in total. The molecule has 3 rings (SSSR count). The highest BCUT2D eigenvalue weighted by molar-refractivity contribution is 6.05. The van der Waals surface area contributed by atoms with Gasteiger partial charge in [-0.15, -0.1) is 0 Å². The van der Waals surface area contributed by atoms with Crippen LogP contribution in [-0.2, 0) is 4.74 Å². The number of nitrogens with one attached hydrogen (secondary N) is 1. The van der Waals surface area contributed by atoms with E-state index >= 15 is 0 Å². The summed E-state index contributed by atoms with van der Waals surface area (Å²) in [6.45, 7) is 5.76. The van der Waals surface area contributed by atoms with Crippen molar-refractivity contribution in [2.45, 2.75) is 20.8 Å². The Hall–Kier alpha value is -2.89. The first-order chi connectivity index (χ1) is 11.0. The number of carbonyl (C=O) groups excluding carboxylic acids is 1. The second-order valence-electron chi connectivity index (χ2n) is 5.28. The Bertz CT molecular complexity index is 936. The van der Waals surface area contributed by atoms with Gasteiger partial charge in [0.15, 0.2) is 5.65 Å². The molecule has 0 saturated carbocycles. The van der Waals surface area contributed by atoms with E-state index in [-0.39, 0.29) is 23.1 Å². The summed E-state index contributed by atoms with van der Waals surface area (Å²) in [6.07, 6.45) is 1.34. The van der Waals surface area contributed by atoms with E-state index in [1.165, 1.54) is 6.33 Å². The maximum Gasteiger partial charge on any atom is 0.340 e. The molecule has 2 heterocycles. The number of aromatic amines is 1. The molecule has 1 aromatic carbocycles. The fourth-order valence-electron chi connectivity index (χ4n) is 2.70. The summed E-state index contributed by atoms with van der Waals surface area (Å²) in [5.41, 5.74) is 2.94. The molecule has 0 saturated heterocycles. The van der Waals surface area contributed by atoms with E-state index in [9.17, 15) is 9.59 Å². The molecule has 118 valence electrons. The lowest BCUT2D eigenvalue weighted by Crippen LogP contribution is -2.12. The molecule has 0 atom stereocenters. The molecular formula is C17H17N3O3. The third-order valence-corrected chi connectivity index (χ3v) is 3.76. The molecule has 3 aromatic rings. The SMILES string of the molecule is CCOC(=O)c1c(C)n(-c2ccc(C)cc2)c2nc[nH]c(=O)c12. The van der Waals surface area contributed by atoms with Crippen LogP contribution in [0.1, 0.15) is 28.5 Å². The van der Waals surface area contributed by atoms with Crippen LogP contribution < -0.4 is 5.56 Å². The summed E-state index contributed by atoms with van der Waals surface area (Å²) >= 11 is 0. The number of H-pyrrole nitrogens is 1. The van der Waals surface area contributed by atoms with Gasteiger partial charge in [-0.3, -0.25) is 9.36 Å². The number of rotatable bonds is 3. The van der Waals surface area contributed by atoms with Crippen molar-refractivity contribution in [1.82, 2.24) is 14.5 Å². The number of hydrogen-bond donors (Lipinski definition) is 1. The first-order valence-electron chi connectivity index (χ1n) is 7.37. The van der Waals surface area contributed by atoms with Crippen LogP contribution in [-0.4, -0.2) is 27.1 Å². The van der Waals surface area contributed by atoms with Gasteiger partial charge in [-0.25, -0.2) is 9.78 Å². The third kappa shape index (κ3) is 2.42. The quantitative estimate of drug-likeness (QED) is 0.754. The maximum atomic E-state index is 12.3. The minimum absolute atomic E-state index is 0.244. The average molecular weight is 311 g/mol. The number of esters is 1. The topological polar surface area (TPSA) is 77.0 Å². The van der Waals surface area contributed by atoms with Crippen LogP contribution in [0.25, 0.3) is 16.7 Å². The molecule has 0 aliphatic carbocycles. The van der Waals surface area contributed by atoms with Crippen molar-refractivity contribution in [3.8, 4) is 5.69 Å². The lowest BCUT2D eigenvalue weighted by molar-refractivity contribution is 0.0527. The lowest BCUT2D eigenvalue weighted by atomic mass is 10.2. The molecule has 0 aliphatic rings. The molecule has 0 fully saturated rings. The van der Waals surface area contributed by atoms with Crippen LogP contribution >= 0.6 is 0 Å².